The lowest BCUT2D eigenvalue weighted by Gasteiger charge is -2.23. The molecule has 38 heavy (non-hydrogen) atoms. The fourth-order valence-electron chi connectivity index (χ4n) is 4.28. The summed E-state index contributed by atoms with van der Waals surface area (Å²) in [7, 11) is -4.25. The minimum atomic E-state index is -4.25. The molecular formula is C25H25N5O6S2. The first-order valence-corrected chi connectivity index (χ1v) is 13.5. The molecule has 0 aliphatic carbocycles. The van der Waals surface area contributed by atoms with E-state index >= 15 is 0 Å². The van der Waals surface area contributed by atoms with E-state index in [1.54, 1.807) is 0 Å². The number of hydrogen-bond donors (Lipinski definition) is 4. The Balaban J connectivity index is 1.52. The molecule has 0 aromatic heterocycles. The molecule has 0 spiro atoms. The van der Waals surface area contributed by atoms with Crippen LogP contribution in [0.3, 0.4) is 0 Å². The molecule has 0 radical (unpaired) electrons. The Morgan fingerprint density at radius 3 is 2.21 bits per heavy atom. The number of nitrogens with zero attached hydrogens (tertiary/aromatic N) is 2. The molecule has 11 nitrogen and oxygen atoms in total. The van der Waals surface area contributed by atoms with Crippen LogP contribution in [0.25, 0.3) is 0 Å². The van der Waals surface area contributed by atoms with E-state index in [-0.39, 0.29) is 34.7 Å². The Labute approximate surface area is 224 Å². The number of benzene rings is 3. The normalized spacial score (nSPS) is 15.7. The van der Waals surface area contributed by atoms with Crippen molar-refractivity contribution in [2.45, 2.75) is 29.8 Å². The monoisotopic (exact) mass is 555 g/mol. The van der Waals surface area contributed by atoms with Crippen LogP contribution in [0.2, 0.25) is 0 Å². The summed E-state index contributed by atoms with van der Waals surface area (Å²) in [6, 6.07) is 21.0. The standard InChI is InChI=1S/C25H25N5O6S2/c31-24(32)21-12-7-15-29(21)38(35,36)19-13-14-20(22(16-19)30(33)34)27-28-25(37)26-23(17-8-3-1-4-9-17)18-10-5-2-6-11-18/h1-6,8-11,13-14,16,21,23,27H,7,12,15H2,(H,31,32)(H2,26,28,37)/t21-/m0/s1. The summed E-state index contributed by atoms with van der Waals surface area (Å²) in [6.45, 7) is 0.0264. The van der Waals surface area contributed by atoms with Gasteiger partial charge in [-0.2, -0.15) is 4.31 Å². The molecule has 1 saturated heterocycles. The second kappa shape index (κ2) is 11.5. The molecule has 198 valence electrons. The number of anilines is 1. The summed E-state index contributed by atoms with van der Waals surface area (Å²) >= 11 is 5.42. The highest BCUT2D eigenvalue weighted by Crippen LogP contribution is 2.32. The summed E-state index contributed by atoms with van der Waals surface area (Å²) in [5.41, 5.74) is 6.76. The number of hydrogen-bond acceptors (Lipinski definition) is 7. The molecule has 0 bridgehead atoms. The SMILES string of the molecule is O=C(O)[C@@H]1CCCN1S(=O)(=O)c1ccc(NNC(=S)NC(c2ccccc2)c2ccccc2)c([N+](=O)[O-])c1. The zero-order valence-corrected chi connectivity index (χ0v) is 21.6. The predicted molar refractivity (Wildman–Crippen MR) is 145 cm³/mol. The maximum atomic E-state index is 13.1. The van der Waals surface area contributed by atoms with Crippen LogP contribution in [0.15, 0.2) is 83.8 Å². The topological polar surface area (TPSA) is 154 Å². The molecule has 1 fully saturated rings. The van der Waals surface area contributed by atoms with Crippen molar-refractivity contribution in [3.8, 4) is 0 Å². The van der Waals surface area contributed by atoms with Crippen LogP contribution in [-0.4, -0.2) is 46.4 Å². The van der Waals surface area contributed by atoms with Crippen molar-refractivity contribution in [2.24, 2.45) is 0 Å². The van der Waals surface area contributed by atoms with Gasteiger partial charge in [0.15, 0.2) is 5.11 Å². The maximum absolute atomic E-state index is 13.1. The first-order chi connectivity index (χ1) is 18.2. The number of nitro groups is 1. The first kappa shape index (κ1) is 27.0. The summed E-state index contributed by atoms with van der Waals surface area (Å²) in [6.07, 6.45) is 0.566. The molecule has 3 aromatic carbocycles. The highest BCUT2D eigenvalue weighted by Gasteiger charge is 2.40. The average molecular weight is 556 g/mol. The van der Waals surface area contributed by atoms with Gasteiger partial charge in [-0.3, -0.25) is 25.8 Å². The van der Waals surface area contributed by atoms with E-state index in [4.69, 9.17) is 12.2 Å². The van der Waals surface area contributed by atoms with Gasteiger partial charge in [0.25, 0.3) is 5.69 Å². The largest absolute Gasteiger partial charge is 0.480 e. The van der Waals surface area contributed by atoms with Crippen molar-refractivity contribution < 1.29 is 23.2 Å². The zero-order valence-electron chi connectivity index (χ0n) is 20.0. The van der Waals surface area contributed by atoms with E-state index in [0.29, 0.717) is 6.42 Å². The van der Waals surface area contributed by atoms with Crippen LogP contribution in [0.5, 0.6) is 0 Å². The average Bonchev–Trinajstić information content (AvgIpc) is 3.43. The Bertz CT molecular complexity index is 1400. The van der Waals surface area contributed by atoms with Gasteiger partial charge in [0.05, 0.1) is 15.9 Å². The van der Waals surface area contributed by atoms with E-state index < -0.39 is 32.6 Å². The smallest absolute Gasteiger partial charge is 0.322 e. The third-order valence-corrected chi connectivity index (χ3v) is 8.24. The number of nitro benzene ring substituents is 1. The van der Waals surface area contributed by atoms with Crippen LogP contribution < -0.4 is 16.2 Å². The van der Waals surface area contributed by atoms with Crippen molar-refractivity contribution in [3.63, 3.8) is 0 Å². The molecule has 3 aromatic rings. The molecule has 1 aliphatic heterocycles. The minimum absolute atomic E-state index is 0.0229. The van der Waals surface area contributed by atoms with Crippen LogP contribution in [-0.2, 0) is 14.8 Å². The molecule has 4 rings (SSSR count). The number of thiocarbonyl (C=S) groups is 1. The van der Waals surface area contributed by atoms with Gasteiger partial charge < -0.3 is 10.4 Å². The van der Waals surface area contributed by atoms with Gasteiger partial charge in [-0.15, -0.1) is 0 Å². The summed E-state index contributed by atoms with van der Waals surface area (Å²) < 4.78 is 27.0. The fourth-order valence-corrected chi connectivity index (χ4v) is 6.12. The van der Waals surface area contributed by atoms with Gasteiger partial charge in [-0.05, 0) is 48.3 Å². The second-order valence-electron chi connectivity index (χ2n) is 8.53. The van der Waals surface area contributed by atoms with Gasteiger partial charge >= 0.3 is 5.97 Å². The third-order valence-electron chi connectivity index (χ3n) is 6.11. The minimum Gasteiger partial charge on any atom is -0.480 e. The molecule has 0 saturated carbocycles. The molecule has 1 heterocycles. The predicted octanol–water partition coefficient (Wildman–Crippen LogP) is 3.41. The van der Waals surface area contributed by atoms with Crippen molar-refractivity contribution in [1.82, 2.24) is 15.0 Å². The zero-order chi connectivity index (χ0) is 27.3. The number of carboxylic acid groups (broad SMARTS) is 1. The van der Waals surface area contributed by atoms with Crippen molar-refractivity contribution >= 4 is 44.7 Å². The number of carboxylic acids is 1. The summed E-state index contributed by atoms with van der Waals surface area (Å²) in [5, 5.41) is 24.5. The third kappa shape index (κ3) is 5.90. The quantitative estimate of drug-likeness (QED) is 0.175. The second-order valence-corrected chi connectivity index (χ2v) is 10.8. The summed E-state index contributed by atoms with van der Waals surface area (Å²) in [5.74, 6) is -1.26. The van der Waals surface area contributed by atoms with E-state index in [9.17, 15) is 28.4 Å². The lowest BCUT2D eigenvalue weighted by Crippen LogP contribution is -2.41. The van der Waals surface area contributed by atoms with Crippen LogP contribution >= 0.6 is 12.2 Å². The number of carbonyl (C=O) groups is 1. The van der Waals surface area contributed by atoms with Crippen LogP contribution in [0, 0.1) is 10.1 Å². The highest BCUT2D eigenvalue weighted by molar-refractivity contribution is 7.89. The molecule has 4 N–H and O–H groups in total. The summed E-state index contributed by atoms with van der Waals surface area (Å²) in [4.78, 5) is 22.2. The molecule has 1 aliphatic rings. The molecule has 0 amide bonds. The van der Waals surface area contributed by atoms with E-state index in [1.165, 1.54) is 12.1 Å². The van der Waals surface area contributed by atoms with Gasteiger partial charge in [-0.25, -0.2) is 8.42 Å². The van der Waals surface area contributed by atoms with Crippen molar-refractivity contribution in [2.75, 3.05) is 12.0 Å². The number of sulfonamides is 1. The van der Waals surface area contributed by atoms with Crippen molar-refractivity contribution in [1.29, 1.82) is 0 Å². The lowest BCUT2D eigenvalue weighted by atomic mass is 9.99. The molecule has 1 atom stereocenters. The number of rotatable bonds is 9. The first-order valence-electron chi connectivity index (χ1n) is 11.6. The van der Waals surface area contributed by atoms with E-state index in [0.717, 1.165) is 21.5 Å². The Hall–Kier alpha value is -4.07. The van der Waals surface area contributed by atoms with Gasteiger partial charge in [0, 0.05) is 12.6 Å². The molecule has 0 unspecified atom stereocenters. The lowest BCUT2D eigenvalue weighted by molar-refractivity contribution is -0.384. The number of aliphatic carboxylic acids is 1. The number of hydrazine groups is 1. The number of nitrogens with one attached hydrogen (secondary N) is 3. The van der Waals surface area contributed by atoms with E-state index in [2.05, 4.69) is 16.2 Å². The molecular weight excluding hydrogens is 530 g/mol. The van der Waals surface area contributed by atoms with Crippen LogP contribution in [0.1, 0.15) is 30.0 Å². The Kier molecular flexibility index (Phi) is 8.20. The van der Waals surface area contributed by atoms with Gasteiger partial charge in [0.1, 0.15) is 11.7 Å². The van der Waals surface area contributed by atoms with Gasteiger partial charge in [-0.1, -0.05) is 60.7 Å². The van der Waals surface area contributed by atoms with Crippen molar-refractivity contribution in [3.05, 3.63) is 100 Å². The van der Waals surface area contributed by atoms with Crippen LogP contribution in [0.4, 0.5) is 11.4 Å². The highest BCUT2D eigenvalue weighted by atomic mass is 32.2. The maximum Gasteiger partial charge on any atom is 0.322 e. The Morgan fingerprint density at radius 2 is 1.66 bits per heavy atom. The molecule has 13 heteroatoms. The Morgan fingerprint density at radius 1 is 1.05 bits per heavy atom. The van der Waals surface area contributed by atoms with Gasteiger partial charge in [0.2, 0.25) is 10.0 Å². The van der Waals surface area contributed by atoms with E-state index in [1.807, 2.05) is 60.7 Å². The fraction of sp³-hybridized carbons (Fsp3) is 0.200.